The summed E-state index contributed by atoms with van der Waals surface area (Å²) in [6, 6.07) is 2.69. The minimum absolute atomic E-state index is 0.259. The number of furan rings is 1. The molecule has 5 heteroatoms. The van der Waals surface area contributed by atoms with Crippen LogP contribution >= 0.6 is 0 Å². The van der Waals surface area contributed by atoms with E-state index in [0.717, 1.165) is 57.2 Å². The average Bonchev–Trinajstić information content (AvgIpc) is 2.86. The van der Waals surface area contributed by atoms with E-state index in [1.165, 1.54) is 5.56 Å². The molecule has 0 spiro atoms. The topological polar surface area (TPSA) is 39.9 Å². The minimum Gasteiger partial charge on any atom is -0.465 e. The maximum absolute atomic E-state index is 12.5. The van der Waals surface area contributed by atoms with Gasteiger partial charge in [-0.05, 0) is 38.8 Å². The van der Waals surface area contributed by atoms with Crippen molar-refractivity contribution in [2.24, 2.45) is 0 Å². The number of nitrogens with zero attached hydrogens (tertiary/aromatic N) is 3. The van der Waals surface area contributed by atoms with Crippen LogP contribution < -0.4 is 0 Å². The lowest BCUT2D eigenvalue weighted by Crippen LogP contribution is -2.53. The molecule has 0 aliphatic carbocycles. The summed E-state index contributed by atoms with van der Waals surface area (Å²) in [5.74, 6) is 2.28. The van der Waals surface area contributed by atoms with Gasteiger partial charge in [0.2, 0.25) is 5.91 Å². The van der Waals surface area contributed by atoms with Gasteiger partial charge in [0.1, 0.15) is 11.5 Å². The highest BCUT2D eigenvalue weighted by Gasteiger charge is 2.26. The van der Waals surface area contributed by atoms with Gasteiger partial charge < -0.3 is 9.32 Å². The van der Waals surface area contributed by atoms with Crippen molar-refractivity contribution in [1.29, 1.82) is 0 Å². The fourth-order valence-electron chi connectivity index (χ4n) is 3.44. The van der Waals surface area contributed by atoms with Gasteiger partial charge in [0.05, 0.1) is 13.1 Å². The van der Waals surface area contributed by atoms with E-state index in [-0.39, 0.29) is 5.91 Å². The Morgan fingerprint density at radius 3 is 2.64 bits per heavy atom. The summed E-state index contributed by atoms with van der Waals surface area (Å²) in [6.07, 6.45) is 0.987. The lowest BCUT2D eigenvalue weighted by molar-refractivity contribution is -0.134. The lowest BCUT2D eigenvalue weighted by atomic mass is 10.1. The van der Waals surface area contributed by atoms with Crippen molar-refractivity contribution in [3.8, 4) is 0 Å². The van der Waals surface area contributed by atoms with Crippen molar-refractivity contribution < 1.29 is 9.21 Å². The molecule has 0 aromatic carbocycles. The predicted octanol–water partition coefficient (Wildman–Crippen LogP) is 1.50. The van der Waals surface area contributed by atoms with Crippen molar-refractivity contribution in [1.82, 2.24) is 14.7 Å². The zero-order valence-corrected chi connectivity index (χ0v) is 14.0. The Morgan fingerprint density at radius 2 is 1.95 bits per heavy atom. The van der Waals surface area contributed by atoms with E-state index in [4.69, 9.17) is 4.42 Å². The predicted molar refractivity (Wildman–Crippen MR) is 85.7 cm³/mol. The van der Waals surface area contributed by atoms with Crippen LogP contribution in [0.5, 0.6) is 0 Å². The molecule has 1 fully saturated rings. The van der Waals surface area contributed by atoms with Gasteiger partial charge in [-0.2, -0.15) is 0 Å². The van der Waals surface area contributed by atoms with Gasteiger partial charge in [-0.1, -0.05) is 0 Å². The largest absolute Gasteiger partial charge is 0.465 e. The summed E-state index contributed by atoms with van der Waals surface area (Å²) in [7, 11) is 0. The van der Waals surface area contributed by atoms with Gasteiger partial charge in [-0.15, -0.1) is 0 Å². The molecular weight excluding hydrogens is 278 g/mol. The second kappa shape index (κ2) is 6.42. The quantitative estimate of drug-likeness (QED) is 0.848. The molecule has 1 amide bonds. The molecule has 0 atom stereocenters. The first-order valence-electron chi connectivity index (χ1n) is 8.35. The third-order valence-electron chi connectivity index (χ3n) is 4.84. The summed E-state index contributed by atoms with van der Waals surface area (Å²) < 4.78 is 5.73. The van der Waals surface area contributed by atoms with Gasteiger partial charge in [0, 0.05) is 38.8 Å². The molecule has 0 unspecified atom stereocenters. The molecular formula is C17H27N3O2. The second-order valence-electron chi connectivity index (χ2n) is 6.78. The molecule has 0 saturated carbocycles. The zero-order valence-electron chi connectivity index (χ0n) is 14.0. The molecule has 22 heavy (non-hydrogen) atoms. The van der Waals surface area contributed by atoms with E-state index in [1.807, 2.05) is 11.8 Å². The SMILES string of the molecule is Cc1cc2c(o1)CN(CC(=O)N1CCN(C(C)C)CC1)CC2. The second-order valence-corrected chi connectivity index (χ2v) is 6.78. The highest BCUT2D eigenvalue weighted by atomic mass is 16.3. The van der Waals surface area contributed by atoms with Crippen molar-refractivity contribution >= 4 is 5.91 Å². The molecule has 0 radical (unpaired) electrons. The Labute approximate surface area is 132 Å². The summed E-state index contributed by atoms with van der Waals surface area (Å²) >= 11 is 0. The number of hydrogen-bond acceptors (Lipinski definition) is 4. The van der Waals surface area contributed by atoms with Crippen LogP contribution in [0, 0.1) is 6.92 Å². The molecule has 3 heterocycles. The van der Waals surface area contributed by atoms with Gasteiger partial charge in [-0.3, -0.25) is 14.6 Å². The van der Waals surface area contributed by atoms with Crippen LogP contribution in [0.2, 0.25) is 0 Å². The van der Waals surface area contributed by atoms with Crippen LogP contribution in [0.25, 0.3) is 0 Å². The maximum atomic E-state index is 12.5. The number of hydrogen-bond donors (Lipinski definition) is 0. The van der Waals surface area contributed by atoms with Crippen LogP contribution in [-0.4, -0.2) is 65.9 Å². The normalized spacial score (nSPS) is 20.5. The lowest BCUT2D eigenvalue weighted by Gasteiger charge is -2.38. The number of carbonyl (C=O) groups is 1. The van der Waals surface area contributed by atoms with Crippen molar-refractivity contribution in [2.45, 2.75) is 39.8 Å². The monoisotopic (exact) mass is 305 g/mol. The van der Waals surface area contributed by atoms with Gasteiger partial charge >= 0.3 is 0 Å². The Balaban J connectivity index is 1.51. The van der Waals surface area contributed by atoms with Crippen LogP contribution in [-0.2, 0) is 17.8 Å². The smallest absolute Gasteiger partial charge is 0.236 e. The number of carbonyl (C=O) groups excluding carboxylic acids is 1. The molecule has 0 N–H and O–H groups in total. The fourth-order valence-corrected chi connectivity index (χ4v) is 3.44. The Morgan fingerprint density at radius 1 is 1.23 bits per heavy atom. The highest BCUT2D eigenvalue weighted by molar-refractivity contribution is 5.78. The van der Waals surface area contributed by atoms with Crippen LogP contribution in [0.3, 0.4) is 0 Å². The van der Waals surface area contributed by atoms with Gasteiger partial charge in [-0.25, -0.2) is 0 Å². The van der Waals surface area contributed by atoms with Crippen LogP contribution in [0.15, 0.2) is 10.5 Å². The third-order valence-corrected chi connectivity index (χ3v) is 4.84. The molecule has 3 rings (SSSR count). The van der Waals surface area contributed by atoms with E-state index >= 15 is 0 Å². The van der Waals surface area contributed by atoms with Crippen LogP contribution in [0.1, 0.15) is 30.9 Å². The number of fused-ring (bicyclic) bond motifs is 1. The van der Waals surface area contributed by atoms with Crippen molar-refractivity contribution in [3.05, 3.63) is 23.2 Å². The number of amides is 1. The molecule has 1 aromatic rings. The highest BCUT2D eigenvalue weighted by Crippen LogP contribution is 2.22. The summed E-state index contributed by atoms with van der Waals surface area (Å²) in [6.45, 7) is 12.3. The summed E-state index contributed by atoms with van der Waals surface area (Å²) in [5, 5.41) is 0. The Bertz CT molecular complexity index is 530. The molecule has 2 aliphatic heterocycles. The first-order chi connectivity index (χ1) is 10.5. The molecule has 2 aliphatic rings. The Kier molecular flexibility index (Phi) is 4.54. The molecule has 5 nitrogen and oxygen atoms in total. The summed E-state index contributed by atoms with van der Waals surface area (Å²) in [5.41, 5.74) is 1.31. The minimum atomic E-state index is 0.259. The fraction of sp³-hybridized carbons (Fsp3) is 0.706. The van der Waals surface area contributed by atoms with E-state index in [0.29, 0.717) is 12.6 Å². The van der Waals surface area contributed by atoms with Crippen molar-refractivity contribution in [2.75, 3.05) is 39.3 Å². The van der Waals surface area contributed by atoms with Crippen LogP contribution in [0.4, 0.5) is 0 Å². The zero-order chi connectivity index (χ0) is 15.7. The maximum Gasteiger partial charge on any atom is 0.236 e. The van der Waals surface area contributed by atoms with E-state index in [2.05, 4.69) is 29.7 Å². The first kappa shape index (κ1) is 15.6. The van der Waals surface area contributed by atoms with E-state index < -0.39 is 0 Å². The molecule has 1 saturated heterocycles. The number of rotatable bonds is 3. The number of piperazine rings is 1. The van der Waals surface area contributed by atoms with Crippen molar-refractivity contribution in [3.63, 3.8) is 0 Å². The summed E-state index contributed by atoms with van der Waals surface area (Å²) in [4.78, 5) is 19.2. The number of aryl methyl sites for hydroxylation is 1. The van der Waals surface area contributed by atoms with Gasteiger partial charge in [0.25, 0.3) is 0 Å². The Hall–Kier alpha value is -1.33. The molecule has 0 bridgehead atoms. The molecule has 122 valence electrons. The first-order valence-corrected chi connectivity index (χ1v) is 8.35. The average molecular weight is 305 g/mol. The standard InChI is InChI=1S/C17H27N3O2/c1-13(2)19-6-8-20(9-7-19)17(21)12-18-5-4-15-10-14(3)22-16(15)11-18/h10,13H,4-9,11-12H2,1-3H3. The molecule has 1 aromatic heterocycles. The third kappa shape index (κ3) is 3.36. The van der Waals surface area contributed by atoms with Gasteiger partial charge in [0.15, 0.2) is 0 Å². The van der Waals surface area contributed by atoms with E-state index in [1.54, 1.807) is 0 Å². The van der Waals surface area contributed by atoms with E-state index in [9.17, 15) is 4.79 Å².